The van der Waals surface area contributed by atoms with Crippen LogP contribution in [0.4, 0.5) is 0 Å². The molecule has 105 valence electrons. The van der Waals surface area contributed by atoms with Crippen molar-refractivity contribution < 1.29 is 18.6 Å². The van der Waals surface area contributed by atoms with E-state index in [0.29, 0.717) is 0 Å². The Morgan fingerprint density at radius 1 is 0.789 bits per heavy atom. The molecule has 0 unspecified atom stereocenters. The molecule has 3 heteroatoms. The van der Waals surface area contributed by atoms with Crippen LogP contribution in [0.5, 0.6) is 0 Å². The third kappa shape index (κ3) is 46.6. The van der Waals surface area contributed by atoms with E-state index >= 15 is 0 Å². The Morgan fingerprint density at radius 3 is 1.11 bits per heavy atom. The number of allylic oxidation sites excluding steroid dienone is 8. The molecule has 2 nitrogen and oxygen atoms in total. The van der Waals surface area contributed by atoms with Crippen LogP contribution in [-0.2, 0) is 18.6 Å². The van der Waals surface area contributed by atoms with Crippen LogP contribution in [0, 0.1) is 12.2 Å². The van der Waals surface area contributed by atoms with E-state index < -0.39 is 0 Å². The van der Waals surface area contributed by atoms with Crippen LogP contribution in [0.15, 0.2) is 36.5 Å². The third-order valence-electron chi connectivity index (χ3n) is 1.17. The van der Waals surface area contributed by atoms with Crippen molar-refractivity contribution in [1.29, 1.82) is 0 Å². The Morgan fingerprint density at radius 2 is 1.05 bits per heavy atom. The maximum atomic E-state index is 6.58. The Kier molecular flexibility index (Phi) is 24.5. The number of hydrogen-bond acceptors (Lipinski definition) is 0. The molecule has 2 rings (SSSR count). The van der Waals surface area contributed by atoms with Crippen LogP contribution in [-0.4, -0.2) is 12.1 Å². The van der Waals surface area contributed by atoms with E-state index in [9.17, 15) is 0 Å². The summed E-state index contributed by atoms with van der Waals surface area (Å²) in [5, 5.41) is 0. The Bertz CT molecular complexity index is 210. The Hall–Kier alpha value is -0.536. The quantitative estimate of drug-likeness (QED) is 0.530. The van der Waals surface area contributed by atoms with Gasteiger partial charge in [0.1, 0.15) is 0 Å². The van der Waals surface area contributed by atoms with Gasteiger partial charge < -0.3 is 11.5 Å². The molecule has 0 heterocycles. The summed E-state index contributed by atoms with van der Waals surface area (Å²) in [6.07, 6.45) is 20.0. The van der Waals surface area contributed by atoms with Crippen molar-refractivity contribution in [1.82, 2.24) is 0 Å². The zero-order valence-electron chi connectivity index (χ0n) is 12.5. The van der Waals surface area contributed by atoms with E-state index in [1.165, 1.54) is 0 Å². The average molecular weight is 297 g/mol. The van der Waals surface area contributed by atoms with Crippen molar-refractivity contribution in [2.45, 2.75) is 52.6 Å². The molecule has 0 aliphatic heterocycles. The molecule has 0 saturated heterocycles. The van der Waals surface area contributed by atoms with Gasteiger partial charge in [0.25, 0.3) is 0 Å². The van der Waals surface area contributed by atoms with Gasteiger partial charge in [0.15, 0.2) is 0 Å². The molecule has 0 fully saturated rings. The van der Waals surface area contributed by atoms with Gasteiger partial charge in [-0.1, -0.05) is 27.7 Å². The van der Waals surface area contributed by atoms with E-state index in [1.807, 2.05) is 52.0 Å². The van der Waals surface area contributed by atoms with E-state index in [4.69, 9.17) is 11.5 Å². The van der Waals surface area contributed by atoms with Crippen molar-refractivity contribution in [2.75, 3.05) is 0 Å². The standard InChI is InChI=1S/2C5H5.2C3H8N.V/c2*1-2-4-5-3-1;2*1-3(2)4;/h2*1-3H,4H2;2*3-4H,1-2H3;/q4*-1;+4. The summed E-state index contributed by atoms with van der Waals surface area (Å²) in [6.45, 7) is 7.33. The number of nitrogens with one attached hydrogen (secondary N) is 2. The van der Waals surface area contributed by atoms with Gasteiger partial charge in [-0.25, -0.2) is 24.3 Å². The fraction of sp³-hybridized carbons (Fsp3) is 0.500. The minimum absolute atomic E-state index is 0. The van der Waals surface area contributed by atoms with Crippen molar-refractivity contribution in [3.63, 3.8) is 0 Å². The maximum Gasteiger partial charge on any atom is 4.00 e. The van der Waals surface area contributed by atoms with Gasteiger partial charge in [-0.05, 0) is 0 Å². The van der Waals surface area contributed by atoms with E-state index in [1.54, 1.807) is 0 Å². The first-order valence-corrected chi connectivity index (χ1v) is 6.32. The zero-order valence-corrected chi connectivity index (χ0v) is 13.9. The minimum Gasteiger partial charge on any atom is -0.675 e. The largest absolute Gasteiger partial charge is 4.00 e. The van der Waals surface area contributed by atoms with Crippen molar-refractivity contribution >= 4 is 0 Å². The van der Waals surface area contributed by atoms with Gasteiger partial charge in [-0.3, -0.25) is 12.2 Å². The van der Waals surface area contributed by atoms with Gasteiger partial charge in [0.2, 0.25) is 0 Å². The van der Waals surface area contributed by atoms with Crippen LogP contribution in [0.2, 0.25) is 0 Å². The van der Waals surface area contributed by atoms with Crippen LogP contribution < -0.4 is 0 Å². The summed E-state index contributed by atoms with van der Waals surface area (Å²) in [5.41, 5.74) is 13.2. The van der Waals surface area contributed by atoms with Gasteiger partial charge in [-0.15, -0.1) is 24.9 Å². The van der Waals surface area contributed by atoms with Crippen molar-refractivity contribution in [2.24, 2.45) is 0 Å². The molecular weight excluding hydrogens is 271 g/mol. The predicted octanol–water partition coefficient (Wildman–Crippen LogP) is 5.50. The molecule has 0 aromatic heterocycles. The predicted molar refractivity (Wildman–Crippen MR) is 82.1 cm³/mol. The molecule has 0 bridgehead atoms. The molecule has 2 N–H and O–H groups in total. The van der Waals surface area contributed by atoms with Gasteiger partial charge in [0.05, 0.1) is 0 Å². The Balaban J connectivity index is -0.000000178. The maximum absolute atomic E-state index is 6.58. The molecular formula is C16H26N2V. The third-order valence-corrected chi connectivity index (χ3v) is 1.17. The second-order valence-corrected chi connectivity index (χ2v) is 4.32. The Labute approximate surface area is 131 Å². The molecule has 0 amide bonds. The van der Waals surface area contributed by atoms with Crippen LogP contribution in [0.3, 0.4) is 0 Å². The van der Waals surface area contributed by atoms with Crippen LogP contribution >= 0.6 is 0 Å². The first-order valence-electron chi connectivity index (χ1n) is 6.32. The summed E-state index contributed by atoms with van der Waals surface area (Å²) in [6, 6.07) is 0.167. The molecule has 0 aromatic carbocycles. The first kappa shape index (κ1) is 23.5. The normalized spacial score (nSPS) is 13.1. The molecule has 0 atom stereocenters. The van der Waals surface area contributed by atoms with Gasteiger partial charge >= 0.3 is 18.6 Å². The monoisotopic (exact) mass is 297 g/mol. The summed E-state index contributed by atoms with van der Waals surface area (Å²) >= 11 is 0. The molecule has 2 aliphatic rings. The smallest absolute Gasteiger partial charge is 0.675 e. The number of hydrogen-bond donors (Lipinski definition) is 0. The molecule has 0 saturated carbocycles. The van der Waals surface area contributed by atoms with E-state index in [0.717, 1.165) is 12.8 Å². The second kappa shape index (κ2) is 19.8. The molecule has 0 spiro atoms. The molecule has 19 heavy (non-hydrogen) atoms. The number of rotatable bonds is 0. The fourth-order valence-electron chi connectivity index (χ4n) is 0.680. The van der Waals surface area contributed by atoms with E-state index in [-0.39, 0.29) is 30.6 Å². The second-order valence-electron chi connectivity index (χ2n) is 4.32. The minimum atomic E-state index is 0. The summed E-state index contributed by atoms with van der Waals surface area (Å²) in [4.78, 5) is 0. The molecule has 1 radical (unpaired) electrons. The summed E-state index contributed by atoms with van der Waals surface area (Å²) in [5.74, 6) is 0. The van der Waals surface area contributed by atoms with Crippen LogP contribution in [0.1, 0.15) is 40.5 Å². The summed E-state index contributed by atoms with van der Waals surface area (Å²) < 4.78 is 0. The van der Waals surface area contributed by atoms with Gasteiger partial charge in [-0.2, -0.15) is 12.2 Å². The average Bonchev–Trinajstić information content (AvgIpc) is 2.96. The van der Waals surface area contributed by atoms with Crippen LogP contribution in [0.25, 0.3) is 11.5 Å². The zero-order chi connectivity index (χ0) is 14.2. The SMILES string of the molecule is CC(C)[NH-].CC(C)[NH-].[C-]1=CC=CC1.[C-]1=CC=CC1.[V+4]. The van der Waals surface area contributed by atoms with E-state index in [2.05, 4.69) is 24.3 Å². The summed E-state index contributed by atoms with van der Waals surface area (Å²) in [7, 11) is 0. The molecule has 0 aromatic rings. The van der Waals surface area contributed by atoms with Crippen molar-refractivity contribution in [3.8, 4) is 0 Å². The molecule has 2 aliphatic carbocycles. The topological polar surface area (TPSA) is 47.6 Å². The first-order chi connectivity index (χ1) is 8.46. The van der Waals surface area contributed by atoms with Crippen molar-refractivity contribution in [3.05, 3.63) is 60.1 Å². The fourth-order valence-corrected chi connectivity index (χ4v) is 0.680. The van der Waals surface area contributed by atoms with Gasteiger partial charge in [0, 0.05) is 0 Å².